The zero-order chi connectivity index (χ0) is 13.1. The van der Waals surface area contributed by atoms with Gasteiger partial charge in [-0.15, -0.1) is 0 Å². The molecule has 0 bridgehead atoms. The summed E-state index contributed by atoms with van der Waals surface area (Å²) in [6.45, 7) is 0. The molecule has 1 aliphatic rings. The van der Waals surface area contributed by atoms with E-state index >= 15 is 0 Å². The van der Waals surface area contributed by atoms with Gasteiger partial charge in [-0.05, 0) is 24.3 Å². The number of hydrogen-bond donors (Lipinski definition) is 3. The van der Waals surface area contributed by atoms with E-state index in [-0.39, 0.29) is 6.17 Å². The lowest BCUT2D eigenvalue weighted by atomic mass is 10.2. The number of hydrazine groups is 1. The lowest BCUT2D eigenvalue weighted by Gasteiger charge is -2.23. The molecule has 1 fully saturated rings. The summed E-state index contributed by atoms with van der Waals surface area (Å²) in [6, 6.07) is 19.8. The van der Waals surface area contributed by atoms with Gasteiger partial charge in [0.15, 0.2) is 0 Å². The minimum absolute atomic E-state index is 0.0256. The Balaban J connectivity index is 1.69. The van der Waals surface area contributed by atoms with Crippen molar-refractivity contribution in [2.45, 2.75) is 18.8 Å². The van der Waals surface area contributed by atoms with Gasteiger partial charge in [0.1, 0.15) is 6.23 Å². The Hall–Kier alpha value is -2.04. The molecule has 3 N–H and O–H groups in total. The molecule has 0 aliphatic carbocycles. The number of aliphatic hydroxyl groups is 1. The number of hydrogen-bond acceptors (Lipinski definition) is 4. The van der Waals surface area contributed by atoms with E-state index in [1.165, 1.54) is 0 Å². The monoisotopic (exact) mass is 255 g/mol. The van der Waals surface area contributed by atoms with Gasteiger partial charge in [-0.3, -0.25) is 5.01 Å². The van der Waals surface area contributed by atoms with Gasteiger partial charge >= 0.3 is 0 Å². The van der Waals surface area contributed by atoms with Gasteiger partial charge in [0.05, 0.1) is 11.9 Å². The van der Waals surface area contributed by atoms with Crippen molar-refractivity contribution < 1.29 is 5.11 Å². The van der Waals surface area contributed by atoms with Crippen LogP contribution < -0.4 is 15.8 Å². The minimum atomic E-state index is -0.524. The molecule has 0 spiro atoms. The fourth-order valence-corrected chi connectivity index (χ4v) is 2.28. The van der Waals surface area contributed by atoms with Crippen LogP contribution in [0.5, 0.6) is 0 Å². The predicted octanol–water partition coefficient (Wildman–Crippen LogP) is 2.16. The van der Waals surface area contributed by atoms with Gasteiger partial charge in [0.25, 0.3) is 0 Å². The molecular weight excluding hydrogens is 238 g/mol. The molecule has 4 heteroatoms. The highest BCUT2D eigenvalue weighted by Gasteiger charge is 2.30. The van der Waals surface area contributed by atoms with Crippen molar-refractivity contribution in [2.75, 3.05) is 10.3 Å². The van der Waals surface area contributed by atoms with Crippen molar-refractivity contribution in [3.8, 4) is 0 Å². The third-order valence-electron chi connectivity index (χ3n) is 3.19. The summed E-state index contributed by atoms with van der Waals surface area (Å²) in [5.41, 5.74) is 5.29. The molecule has 0 saturated carbocycles. The van der Waals surface area contributed by atoms with Crippen LogP contribution in [0, 0.1) is 0 Å². The third-order valence-corrected chi connectivity index (χ3v) is 3.19. The van der Waals surface area contributed by atoms with E-state index in [9.17, 15) is 5.11 Å². The molecule has 3 rings (SSSR count). The summed E-state index contributed by atoms with van der Waals surface area (Å²) in [6.07, 6.45) is 0.130. The maximum atomic E-state index is 10.1. The van der Waals surface area contributed by atoms with Gasteiger partial charge < -0.3 is 10.4 Å². The highest BCUT2D eigenvalue weighted by atomic mass is 16.3. The third kappa shape index (κ3) is 2.70. The first-order chi connectivity index (χ1) is 9.33. The summed E-state index contributed by atoms with van der Waals surface area (Å²) in [5.74, 6) is 0. The number of nitrogens with zero attached hydrogens (tertiary/aromatic N) is 1. The number of para-hydroxylation sites is 2. The predicted molar refractivity (Wildman–Crippen MR) is 76.5 cm³/mol. The molecule has 4 nitrogen and oxygen atoms in total. The van der Waals surface area contributed by atoms with Crippen molar-refractivity contribution in [3.05, 3.63) is 60.7 Å². The molecule has 2 aromatic rings. The highest BCUT2D eigenvalue weighted by molar-refractivity contribution is 5.48. The summed E-state index contributed by atoms with van der Waals surface area (Å²) in [7, 11) is 0. The largest absolute Gasteiger partial charge is 0.372 e. The molecule has 19 heavy (non-hydrogen) atoms. The number of anilines is 2. The van der Waals surface area contributed by atoms with E-state index in [1.54, 1.807) is 5.01 Å². The summed E-state index contributed by atoms with van der Waals surface area (Å²) in [5, 5.41) is 15.3. The highest BCUT2D eigenvalue weighted by Crippen LogP contribution is 2.22. The van der Waals surface area contributed by atoms with Crippen molar-refractivity contribution in [3.63, 3.8) is 0 Å². The molecule has 2 unspecified atom stereocenters. The summed E-state index contributed by atoms with van der Waals surface area (Å²) >= 11 is 0. The fraction of sp³-hybridized carbons (Fsp3) is 0.200. The molecule has 2 aromatic carbocycles. The van der Waals surface area contributed by atoms with Crippen LogP contribution in [0.2, 0.25) is 0 Å². The number of benzene rings is 2. The van der Waals surface area contributed by atoms with Gasteiger partial charge in [-0.1, -0.05) is 36.4 Å². The van der Waals surface area contributed by atoms with E-state index in [0.29, 0.717) is 6.42 Å². The lowest BCUT2D eigenvalue weighted by Crippen LogP contribution is -2.41. The molecule has 1 heterocycles. The average molecular weight is 255 g/mol. The molecule has 0 amide bonds. The molecule has 98 valence electrons. The van der Waals surface area contributed by atoms with E-state index < -0.39 is 6.23 Å². The zero-order valence-electron chi connectivity index (χ0n) is 10.5. The molecule has 0 radical (unpaired) electrons. The standard InChI is InChI=1S/C15H17N3O/c19-15-11-14(16-12-7-3-1-4-8-12)17-18(15)13-9-5-2-6-10-13/h1-10,14-17,19H,11H2. The fourth-order valence-electron chi connectivity index (χ4n) is 2.28. The normalized spacial score (nSPS) is 22.5. The Bertz CT molecular complexity index is 517. The Morgan fingerprint density at radius 2 is 1.63 bits per heavy atom. The van der Waals surface area contributed by atoms with E-state index in [1.807, 2.05) is 60.7 Å². The van der Waals surface area contributed by atoms with Crippen molar-refractivity contribution in [2.24, 2.45) is 0 Å². The number of rotatable bonds is 3. The van der Waals surface area contributed by atoms with E-state index in [4.69, 9.17) is 0 Å². The van der Waals surface area contributed by atoms with Gasteiger partial charge in [-0.2, -0.15) is 0 Å². The van der Waals surface area contributed by atoms with Crippen LogP contribution in [0.1, 0.15) is 6.42 Å². The smallest absolute Gasteiger partial charge is 0.144 e. The number of nitrogens with one attached hydrogen (secondary N) is 2. The van der Waals surface area contributed by atoms with Gasteiger partial charge in [0.2, 0.25) is 0 Å². The first kappa shape index (κ1) is 12.0. The van der Waals surface area contributed by atoms with Gasteiger partial charge in [-0.25, -0.2) is 5.43 Å². The van der Waals surface area contributed by atoms with Crippen molar-refractivity contribution in [1.29, 1.82) is 0 Å². The maximum absolute atomic E-state index is 10.1. The van der Waals surface area contributed by atoms with Crippen LogP contribution in [-0.2, 0) is 0 Å². The summed E-state index contributed by atoms with van der Waals surface area (Å²) in [4.78, 5) is 0. The lowest BCUT2D eigenvalue weighted by molar-refractivity contribution is 0.181. The van der Waals surface area contributed by atoms with Crippen LogP contribution in [0.3, 0.4) is 0 Å². The Labute approximate surface area is 112 Å². The topological polar surface area (TPSA) is 47.5 Å². The van der Waals surface area contributed by atoms with Crippen molar-refractivity contribution in [1.82, 2.24) is 5.43 Å². The summed E-state index contributed by atoms with van der Waals surface area (Å²) < 4.78 is 0. The first-order valence-corrected chi connectivity index (χ1v) is 6.43. The van der Waals surface area contributed by atoms with Gasteiger partial charge in [0, 0.05) is 12.1 Å². The molecular formula is C15H17N3O. The van der Waals surface area contributed by atoms with E-state index in [0.717, 1.165) is 11.4 Å². The Morgan fingerprint density at radius 3 is 2.32 bits per heavy atom. The Morgan fingerprint density at radius 1 is 1.00 bits per heavy atom. The molecule has 2 atom stereocenters. The second-order valence-corrected chi connectivity index (χ2v) is 4.61. The average Bonchev–Trinajstić information content (AvgIpc) is 2.82. The van der Waals surface area contributed by atoms with Crippen LogP contribution in [0.15, 0.2) is 60.7 Å². The zero-order valence-corrected chi connectivity index (χ0v) is 10.5. The SMILES string of the molecule is OC1CC(Nc2ccccc2)NN1c1ccccc1. The molecule has 1 saturated heterocycles. The minimum Gasteiger partial charge on any atom is -0.372 e. The van der Waals surface area contributed by atoms with Crippen LogP contribution in [-0.4, -0.2) is 17.5 Å². The first-order valence-electron chi connectivity index (χ1n) is 6.43. The van der Waals surface area contributed by atoms with Crippen LogP contribution in [0.4, 0.5) is 11.4 Å². The van der Waals surface area contributed by atoms with Crippen LogP contribution in [0.25, 0.3) is 0 Å². The quantitative estimate of drug-likeness (QED) is 0.786. The van der Waals surface area contributed by atoms with Crippen LogP contribution >= 0.6 is 0 Å². The maximum Gasteiger partial charge on any atom is 0.144 e. The molecule has 0 aromatic heterocycles. The van der Waals surface area contributed by atoms with Crippen molar-refractivity contribution >= 4 is 11.4 Å². The molecule has 1 aliphatic heterocycles. The second-order valence-electron chi connectivity index (χ2n) is 4.61. The van der Waals surface area contributed by atoms with E-state index in [2.05, 4.69) is 10.7 Å². The second kappa shape index (κ2) is 5.30. The Kier molecular flexibility index (Phi) is 3.35. The number of aliphatic hydroxyl groups excluding tert-OH is 1.